The van der Waals surface area contributed by atoms with E-state index in [1.54, 1.807) is 22.8 Å². The molecule has 2 aromatic rings. The third-order valence-electron chi connectivity index (χ3n) is 2.88. The van der Waals surface area contributed by atoms with Crippen molar-refractivity contribution in [2.45, 2.75) is 18.2 Å². The third-order valence-corrected chi connectivity index (χ3v) is 4.03. The van der Waals surface area contributed by atoms with Gasteiger partial charge in [0.2, 0.25) is 0 Å². The number of hydrogen-bond acceptors (Lipinski definition) is 5. The molecule has 1 aromatic heterocycles. The second kappa shape index (κ2) is 7.42. The molecule has 0 bridgehead atoms. The van der Waals surface area contributed by atoms with Gasteiger partial charge in [-0.1, -0.05) is 25.2 Å². The van der Waals surface area contributed by atoms with E-state index in [1.165, 1.54) is 0 Å². The molecule has 112 valence electrons. The van der Waals surface area contributed by atoms with E-state index in [0.717, 1.165) is 40.7 Å². The minimum Gasteiger partial charge on any atom is -0.389 e. The van der Waals surface area contributed by atoms with Gasteiger partial charge in [0, 0.05) is 36.2 Å². The molecule has 7 heteroatoms. The molecule has 5 nitrogen and oxygen atoms in total. The predicted octanol–water partition coefficient (Wildman–Crippen LogP) is 2.22. The smallest absolute Gasteiger partial charge is 0.152 e. The number of thioether (sulfide) groups is 1. The number of rotatable bonds is 7. The zero-order chi connectivity index (χ0) is 15.2. The Morgan fingerprint density at radius 2 is 2.29 bits per heavy atom. The number of thiocarbonyl (C=S) groups is 1. The summed E-state index contributed by atoms with van der Waals surface area (Å²) >= 11 is 6.94. The second-order valence-corrected chi connectivity index (χ2v) is 6.23. The van der Waals surface area contributed by atoms with Gasteiger partial charge in [-0.15, -0.1) is 11.8 Å². The summed E-state index contributed by atoms with van der Waals surface area (Å²) in [7, 11) is 1.86. The summed E-state index contributed by atoms with van der Waals surface area (Å²) in [5, 5.41) is 7.64. The molecular formula is C14H19N5S2. The van der Waals surface area contributed by atoms with Crippen molar-refractivity contribution >= 4 is 34.7 Å². The van der Waals surface area contributed by atoms with Gasteiger partial charge in [0.15, 0.2) is 5.82 Å². The van der Waals surface area contributed by atoms with Crippen LogP contribution in [-0.4, -0.2) is 32.1 Å². The van der Waals surface area contributed by atoms with Crippen LogP contribution < -0.4 is 11.1 Å². The Hall–Kier alpha value is -1.60. The van der Waals surface area contributed by atoms with Crippen LogP contribution in [0.3, 0.4) is 0 Å². The summed E-state index contributed by atoms with van der Waals surface area (Å²) in [6, 6.07) is 6.06. The molecule has 2 rings (SSSR count). The van der Waals surface area contributed by atoms with Crippen molar-refractivity contribution in [3.63, 3.8) is 0 Å². The Labute approximate surface area is 134 Å². The quantitative estimate of drug-likeness (QED) is 0.602. The van der Waals surface area contributed by atoms with Crippen LogP contribution in [0.5, 0.6) is 0 Å². The minimum absolute atomic E-state index is 0.421. The minimum atomic E-state index is 0.421. The average Bonchev–Trinajstić information content (AvgIpc) is 2.85. The molecule has 0 fully saturated rings. The van der Waals surface area contributed by atoms with Crippen LogP contribution in [0.2, 0.25) is 0 Å². The maximum Gasteiger partial charge on any atom is 0.152 e. The molecule has 0 atom stereocenters. The molecule has 1 heterocycles. The lowest BCUT2D eigenvalue weighted by atomic mass is 10.1. The van der Waals surface area contributed by atoms with E-state index >= 15 is 0 Å². The molecule has 0 aliphatic rings. The van der Waals surface area contributed by atoms with Crippen molar-refractivity contribution in [1.82, 2.24) is 14.8 Å². The van der Waals surface area contributed by atoms with E-state index < -0.39 is 0 Å². The Kier molecular flexibility index (Phi) is 5.58. The molecule has 0 aliphatic carbocycles. The van der Waals surface area contributed by atoms with Gasteiger partial charge in [-0.05, 0) is 17.9 Å². The van der Waals surface area contributed by atoms with E-state index in [4.69, 9.17) is 18.0 Å². The predicted molar refractivity (Wildman–Crippen MR) is 91.9 cm³/mol. The highest BCUT2D eigenvalue weighted by atomic mass is 32.2. The molecule has 0 saturated carbocycles. The summed E-state index contributed by atoms with van der Waals surface area (Å²) in [5.41, 5.74) is 7.78. The van der Waals surface area contributed by atoms with Crippen molar-refractivity contribution in [2.75, 3.05) is 17.6 Å². The number of nitrogens with two attached hydrogens (primary N) is 1. The highest BCUT2D eigenvalue weighted by Gasteiger charge is 2.11. The van der Waals surface area contributed by atoms with Crippen LogP contribution in [0.25, 0.3) is 0 Å². The molecule has 0 aliphatic heterocycles. The molecule has 0 unspecified atom stereocenters. The molecule has 0 saturated heterocycles. The number of nitrogens with one attached hydrogen (secondary N) is 1. The molecule has 1 aromatic carbocycles. The first-order valence-corrected chi connectivity index (χ1v) is 8.15. The Balaban J connectivity index is 2.08. The number of aryl methyl sites for hydroxylation is 1. The summed E-state index contributed by atoms with van der Waals surface area (Å²) < 4.78 is 1.70. The van der Waals surface area contributed by atoms with Gasteiger partial charge < -0.3 is 11.1 Å². The van der Waals surface area contributed by atoms with Gasteiger partial charge in [-0.25, -0.2) is 4.98 Å². The van der Waals surface area contributed by atoms with Gasteiger partial charge in [-0.2, -0.15) is 5.10 Å². The number of hydrogen-bond donors (Lipinski definition) is 2. The highest BCUT2D eigenvalue weighted by Crippen LogP contribution is 2.28. The van der Waals surface area contributed by atoms with E-state index in [0.29, 0.717) is 4.99 Å². The summed E-state index contributed by atoms with van der Waals surface area (Å²) in [4.78, 5) is 5.75. The largest absolute Gasteiger partial charge is 0.389 e. The second-order valence-electron chi connectivity index (χ2n) is 4.49. The van der Waals surface area contributed by atoms with Crippen molar-refractivity contribution < 1.29 is 0 Å². The normalized spacial score (nSPS) is 10.6. The fourth-order valence-electron chi connectivity index (χ4n) is 2.02. The average molecular weight is 321 g/mol. The first kappa shape index (κ1) is 15.8. The number of nitrogens with zero attached hydrogens (tertiary/aromatic N) is 3. The molecule has 0 radical (unpaired) electrons. The van der Waals surface area contributed by atoms with Crippen LogP contribution in [0.4, 0.5) is 5.69 Å². The van der Waals surface area contributed by atoms with Gasteiger partial charge in [0.25, 0.3) is 0 Å². The van der Waals surface area contributed by atoms with Crippen LogP contribution in [0.1, 0.15) is 18.3 Å². The monoisotopic (exact) mass is 321 g/mol. The van der Waals surface area contributed by atoms with Crippen molar-refractivity contribution in [2.24, 2.45) is 12.8 Å². The molecule has 0 spiro atoms. The van der Waals surface area contributed by atoms with Gasteiger partial charge in [0.05, 0.1) is 0 Å². The Morgan fingerprint density at radius 3 is 2.90 bits per heavy atom. The molecule has 3 N–H and O–H groups in total. The standard InChI is InChI=1S/C14H19N5S2/c1-3-21-11-6-4-5-10(13(11)14(15)20)16-8-7-12-17-9-19(2)18-12/h4-6,9,16H,3,7-8H2,1-2H3,(H2,15,20). The molecule has 0 amide bonds. The Morgan fingerprint density at radius 1 is 1.48 bits per heavy atom. The third kappa shape index (κ3) is 4.18. The van der Waals surface area contributed by atoms with Crippen molar-refractivity contribution in [1.29, 1.82) is 0 Å². The van der Waals surface area contributed by atoms with Crippen LogP contribution in [0, 0.1) is 0 Å². The maximum atomic E-state index is 5.88. The summed E-state index contributed by atoms with van der Waals surface area (Å²) in [6.07, 6.45) is 2.46. The van der Waals surface area contributed by atoms with Crippen molar-refractivity contribution in [3.8, 4) is 0 Å². The van der Waals surface area contributed by atoms with Crippen LogP contribution in [-0.2, 0) is 13.5 Å². The lowest BCUT2D eigenvalue weighted by Gasteiger charge is -2.14. The van der Waals surface area contributed by atoms with E-state index in [-0.39, 0.29) is 0 Å². The van der Waals surface area contributed by atoms with E-state index in [1.807, 2.05) is 25.2 Å². The highest BCUT2D eigenvalue weighted by molar-refractivity contribution is 7.99. The molecule has 21 heavy (non-hydrogen) atoms. The fraction of sp³-hybridized carbons (Fsp3) is 0.357. The first-order chi connectivity index (χ1) is 10.1. The number of benzene rings is 1. The molecular weight excluding hydrogens is 302 g/mol. The fourth-order valence-corrected chi connectivity index (χ4v) is 3.15. The summed E-state index contributed by atoms with van der Waals surface area (Å²) in [6.45, 7) is 2.85. The lowest BCUT2D eigenvalue weighted by molar-refractivity contribution is 0.742. The van der Waals surface area contributed by atoms with E-state index in [9.17, 15) is 0 Å². The van der Waals surface area contributed by atoms with Crippen molar-refractivity contribution in [3.05, 3.63) is 35.9 Å². The van der Waals surface area contributed by atoms with E-state index in [2.05, 4.69) is 22.3 Å². The van der Waals surface area contributed by atoms with Gasteiger partial charge in [0.1, 0.15) is 11.3 Å². The topological polar surface area (TPSA) is 68.8 Å². The maximum absolute atomic E-state index is 5.88. The van der Waals surface area contributed by atoms with Gasteiger partial charge in [-0.3, -0.25) is 4.68 Å². The Bertz CT molecular complexity index is 624. The zero-order valence-electron chi connectivity index (χ0n) is 12.2. The zero-order valence-corrected chi connectivity index (χ0v) is 13.8. The number of aromatic nitrogens is 3. The SMILES string of the molecule is CCSc1cccc(NCCc2ncn(C)n2)c1C(N)=S. The first-order valence-electron chi connectivity index (χ1n) is 6.75. The van der Waals surface area contributed by atoms with Gasteiger partial charge >= 0.3 is 0 Å². The lowest BCUT2D eigenvalue weighted by Crippen LogP contribution is -2.16. The van der Waals surface area contributed by atoms with Crippen LogP contribution in [0.15, 0.2) is 29.4 Å². The van der Waals surface area contributed by atoms with Crippen LogP contribution >= 0.6 is 24.0 Å². The number of anilines is 1. The summed E-state index contributed by atoms with van der Waals surface area (Å²) in [5.74, 6) is 1.80.